The molecule has 1 saturated heterocycles. The number of nitroso groups, excluding NO2 is 1. The maximum Gasteiger partial charge on any atom is 0.514 e. The zero-order valence-electron chi connectivity index (χ0n) is 24.1. The molecule has 45 heavy (non-hydrogen) atoms. The minimum absolute atomic E-state index is 0.0121. The van der Waals surface area contributed by atoms with Crippen molar-refractivity contribution in [1.82, 2.24) is 0 Å². The third-order valence-corrected chi connectivity index (χ3v) is 7.46. The standard InChI is InChI=1S/C28H26N4O12S/c1-14(33)40-22-11-23(26(35)38-3)44-27(24(22)41-15(2)34)43-21-9-4-16(25-20(21)10-19(45-25)12-30-32-29)13-39-28(36)42-18-7-5-17(31-37)6-8-18/h4-10,22-24,27H,11-13H2,1-3H3/t22-,23-,24+,27+/m0/s1. The van der Waals surface area contributed by atoms with E-state index in [1.807, 2.05) is 0 Å². The highest BCUT2D eigenvalue weighted by Gasteiger charge is 2.47. The van der Waals surface area contributed by atoms with E-state index >= 15 is 0 Å². The normalized spacial score (nSPS) is 19.0. The summed E-state index contributed by atoms with van der Waals surface area (Å²) in [6, 6.07) is 10.4. The van der Waals surface area contributed by atoms with Crippen molar-refractivity contribution in [3.63, 3.8) is 0 Å². The van der Waals surface area contributed by atoms with Gasteiger partial charge >= 0.3 is 24.1 Å². The van der Waals surface area contributed by atoms with Gasteiger partial charge in [0.1, 0.15) is 29.9 Å². The van der Waals surface area contributed by atoms with Crippen molar-refractivity contribution in [2.75, 3.05) is 7.11 Å². The number of hydrogen-bond acceptors (Lipinski definition) is 15. The number of fused-ring (bicyclic) bond motifs is 1. The summed E-state index contributed by atoms with van der Waals surface area (Å²) in [5, 5.41) is 6.87. The van der Waals surface area contributed by atoms with Crippen LogP contribution in [0.25, 0.3) is 20.5 Å². The average molecular weight is 643 g/mol. The fraction of sp³-hybridized carbons (Fsp3) is 0.357. The summed E-state index contributed by atoms with van der Waals surface area (Å²) in [6.45, 7) is 2.11. The molecule has 0 spiro atoms. The molecular formula is C28H26N4O12S. The molecule has 1 fully saturated rings. The predicted molar refractivity (Wildman–Crippen MR) is 154 cm³/mol. The number of carbonyl (C=O) groups is 4. The fourth-order valence-electron chi connectivity index (χ4n) is 4.41. The molecule has 0 amide bonds. The van der Waals surface area contributed by atoms with Gasteiger partial charge in [0, 0.05) is 45.7 Å². The molecular weight excluding hydrogens is 616 g/mol. The lowest BCUT2D eigenvalue weighted by Crippen LogP contribution is -2.55. The molecule has 17 heteroatoms. The van der Waals surface area contributed by atoms with Crippen LogP contribution in [-0.4, -0.2) is 55.8 Å². The Bertz CT molecular complexity index is 1640. The summed E-state index contributed by atoms with van der Waals surface area (Å²) < 4.78 is 38.6. The van der Waals surface area contributed by atoms with Crippen LogP contribution in [-0.2, 0) is 51.2 Å². The first-order valence-corrected chi connectivity index (χ1v) is 14.0. The molecule has 16 nitrogen and oxygen atoms in total. The van der Waals surface area contributed by atoms with E-state index in [1.165, 1.54) is 42.5 Å². The van der Waals surface area contributed by atoms with E-state index in [0.717, 1.165) is 14.0 Å². The molecule has 0 saturated carbocycles. The average Bonchev–Trinajstić information content (AvgIpc) is 3.45. The quantitative estimate of drug-likeness (QED) is 0.0492. The number of rotatable bonds is 11. The smallest absolute Gasteiger partial charge is 0.467 e. The zero-order valence-corrected chi connectivity index (χ0v) is 24.9. The highest BCUT2D eigenvalue weighted by Crippen LogP contribution is 2.38. The summed E-state index contributed by atoms with van der Waals surface area (Å²) in [4.78, 5) is 62.6. The minimum Gasteiger partial charge on any atom is -0.467 e. The fourth-order valence-corrected chi connectivity index (χ4v) is 5.50. The Balaban J connectivity index is 1.63. The summed E-state index contributed by atoms with van der Waals surface area (Å²) in [7, 11) is 1.16. The van der Waals surface area contributed by atoms with E-state index < -0.39 is 48.7 Å². The van der Waals surface area contributed by atoms with Gasteiger partial charge in [0.2, 0.25) is 12.4 Å². The van der Waals surface area contributed by atoms with Gasteiger partial charge in [-0.25, -0.2) is 9.59 Å². The summed E-state index contributed by atoms with van der Waals surface area (Å²) in [5.74, 6) is -1.80. The van der Waals surface area contributed by atoms with E-state index in [9.17, 15) is 24.1 Å². The molecule has 1 aliphatic heterocycles. The molecule has 0 unspecified atom stereocenters. The topological polar surface area (TPSA) is 211 Å². The van der Waals surface area contributed by atoms with Gasteiger partial charge in [-0.1, -0.05) is 11.2 Å². The Morgan fingerprint density at radius 1 is 1.07 bits per heavy atom. The van der Waals surface area contributed by atoms with E-state index in [0.29, 0.717) is 20.5 Å². The van der Waals surface area contributed by atoms with Crippen LogP contribution in [0.2, 0.25) is 0 Å². The first-order chi connectivity index (χ1) is 21.6. The third-order valence-electron chi connectivity index (χ3n) is 6.26. The Kier molecular flexibility index (Phi) is 10.9. The van der Waals surface area contributed by atoms with E-state index in [4.69, 9.17) is 38.7 Å². The van der Waals surface area contributed by atoms with E-state index in [1.54, 1.807) is 18.2 Å². The Labute approximate surface area is 258 Å². The molecule has 0 aliphatic carbocycles. The maximum atomic E-state index is 12.4. The van der Waals surface area contributed by atoms with Gasteiger partial charge in [0.05, 0.1) is 13.7 Å². The molecule has 2 aromatic carbocycles. The van der Waals surface area contributed by atoms with Crippen molar-refractivity contribution < 1.29 is 52.3 Å². The second kappa shape index (κ2) is 15.0. The lowest BCUT2D eigenvalue weighted by molar-refractivity contribution is -0.250. The molecule has 236 valence electrons. The SMILES string of the molecule is COC(=O)[C@@H]1C[C@H](OC(C)=O)[C@@H](OC(C)=O)[C@H](Oc2ccc(COC(=O)Oc3ccc(N=O)cc3)c3sc(CN=[N+]=[N-])cc23)O1. The van der Waals surface area contributed by atoms with Crippen molar-refractivity contribution in [2.24, 2.45) is 10.3 Å². The molecule has 0 radical (unpaired) electrons. The van der Waals surface area contributed by atoms with Gasteiger partial charge in [-0.3, -0.25) is 9.59 Å². The van der Waals surface area contributed by atoms with Crippen LogP contribution in [0.1, 0.15) is 30.7 Å². The largest absolute Gasteiger partial charge is 0.514 e. The number of methoxy groups -OCH3 is 1. The Hall–Kier alpha value is -5.25. The number of thiophene rings is 1. The maximum absolute atomic E-state index is 12.4. The monoisotopic (exact) mass is 642 g/mol. The lowest BCUT2D eigenvalue weighted by atomic mass is 10.0. The minimum atomic E-state index is -1.42. The molecule has 4 rings (SSSR count). The molecule has 3 aromatic rings. The number of nitrogens with zero attached hydrogens (tertiary/aromatic N) is 4. The van der Waals surface area contributed by atoms with Crippen molar-refractivity contribution in [3.8, 4) is 11.5 Å². The summed E-state index contributed by atoms with van der Waals surface area (Å²) in [5.41, 5.74) is 9.52. The summed E-state index contributed by atoms with van der Waals surface area (Å²) in [6.07, 6.45) is -6.14. The number of ether oxygens (including phenoxy) is 7. The van der Waals surface area contributed by atoms with Crippen LogP contribution in [0.3, 0.4) is 0 Å². The Morgan fingerprint density at radius 2 is 1.80 bits per heavy atom. The van der Waals surface area contributed by atoms with Crippen LogP contribution in [0, 0.1) is 4.91 Å². The molecule has 2 heterocycles. The Morgan fingerprint density at radius 3 is 2.44 bits per heavy atom. The van der Waals surface area contributed by atoms with Gasteiger partial charge < -0.3 is 33.2 Å². The molecule has 1 aromatic heterocycles. The van der Waals surface area contributed by atoms with Gasteiger partial charge in [-0.05, 0) is 47.1 Å². The van der Waals surface area contributed by atoms with Crippen LogP contribution in [0.4, 0.5) is 10.5 Å². The number of carbonyl (C=O) groups excluding carboxylic acids is 4. The first kappa shape index (κ1) is 32.7. The van der Waals surface area contributed by atoms with Gasteiger partial charge in [-0.2, -0.15) is 0 Å². The van der Waals surface area contributed by atoms with Crippen LogP contribution >= 0.6 is 11.3 Å². The van der Waals surface area contributed by atoms with Crippen LogP contribution in [0.15, 0.2) is 52.8 Å². The zero-order chi connectivity index (χ0) is 32.5. The first-order valence-electron chi connectivity index (χ1n) is 13.2. The van der Waals surface area contributed by atoms with Crippen molar-refractivity contribution in [3.05, 3.63) is 68.3 Å². The summed E-state index contributed by atoms with van der Waals surface area (Å²) >= 11 is 1.24. The molecule has 0 bridgehead atoms. The number of esters is 3. The second-order valence-corrected chi connectivity index (χ2v) is 10.5. The van der Waals surface area contributed by atoms with Gasteiger partial charge in [0.25, 0.3) is 0 Å². The van der Waals surface area contributed by atoms with Crippen LogP contribution < -0.4 is 9.47 Å². The van der Waals surface area contributed by atoms with E-state index in [2.05, 4.69) is 15.2 Å². The highest BCUT2D eigenvalue weighted by molar-refractivity contribution is 7.19. The number of azide groups is 1. The predicted octanol–water partition coefficient (Wildman–Crippen LogP) is 5.36. The van der Waals surface area contributed by atoms with Crippen molar-refractivity contribution in [2.45, 2.75) is 58.0 Å². The third kappa shape index (κ3) is 8.44. The second-order valence-electron chi connectivity index (χ2n) is 9.38. The van der Waals surface area contributed by atoms with Gasteiger partial charge in [-0.15, -0.1) is 16.2 Å². The number of benzene rings is 2. The molecule has 4 atom stereocenters. The number of hydrogen-bond donors (Lipinski definition) is 0. The van der Waals surface area contributed by atoms with Crippen molar-refractivity contribution in [1.29, 1.82) is 0 Å². The van der Waals surface area contributed by atoms with Crippen LogP contribution in [0.5, 0.6) is 11.5 Å². The van der Waals surface area contributed by atoms with E-state index in [-0.39, 0.29) is 36.8 Å². The molecule has 1 aliphatic rings. The van der Waals surface area contributed by atoms with Gasteiger partial charge in [0.15, 0.2) is 6.10 Å². The lowest BCUT2D eigenvalue weighted by Gasteiger charge is -2.39. The van der Waals surface area contributed by atoms with Crippen molar-refractivity contribution >= 4 is 51.2 Å². The molecule has 0 N–H and O–H groups in total. The highest BCUT2D eigenvalue weighted by atomic mass is 32.1.